The maximum absolute atomic E-state index is 10.7. The number of rotatable bonds is 5. The van der Waals surface area contributed by atoms with Crippen LogP contribution in [0.1, 0.15) is 24.5 Å². The summed E-state index contributed by atoms with van der Waals surface area (Å²) in [4.78, 5) is 11.1. The van der Waals surface area contributed by atoms with E-state index in [1.165, 1.54) is 0 Å². The minimum absolute atomic E-state index is 0.536. The number of nitrogens with one attached hydrogen (secondary N) is 1. The average Bonchev–Trinajstić information content (AvgIpc) is 2.61. The quantitative estimate of drug-likeness (QED) is 0.868. The van der Waals surface area contributed by atoms with E-state index in [0.29, 0.717) is 24.0 Å². The zero-order valence-electron chi connectivity index (χ0n) is 13.7. The molecule has 23 heavy (non-hydrogen) atoms. The van der Waals surface area contributed by atoms with E-state index in [-0.39, 0.29) is 0 Å². The molecule has 0 unspecified atom stereocenters. The molecule has 1 aliphatic heterocycles. The molecular formula is C17H24N4O2. The van der Waals surface area contributed by atoms with Crippen LogP contribution in [0.4, 0.5) is 0 Å². The fraction of sp³-hybridized carbons (Fsp3) is 0.529. The molecule has 3 rings (SSSR count). The van der Waals surface area contributed by atoms with Crippen molar-refractivity contribution in [3.8, 4) is 5.88 Å². The van der Waals surface area contributed by atoms with Gasteiger partial charge in [0, 0.05) is 30.4 Å². The molecule has 2 aromatic heterocycles. The SMILES string of the molecule is CNC1CCN(C[C@H](O)c2ccnc3ccc(OC)nc23)CC1. The molecule has 0 aromatic carbocycles. The summed E-state index contributed by atoms with van der Waals surface area (Å²) < 4.78 is 5.19. The Balaban J connectivity index is 1.77. The molecule has 2 aromatic rings. The number of pyridine rings is 2. The first-order valence-electron chi connectivity index (χ1n) is 8.08. The van der Waals surface area contributed by atoms with E-state index < -0.39 is 6.10 Å². The number of hydrogen-bond acceptors (Lipinski definition) is 6. The lowest BCUT2D eigenvalue weighted by Gasteiger charge is -2.33. The van der Waals surface area contributed by atoms with E-state index in [1.807, 2.05) is 19.2 Å². The second kappa shape index (κ2) is 7.21. The summed E-state index contributed by atoms with van der Waals surface area (Å²) >= 11 is 0. The van der Waals surface area contributed by atoms with Crippen molar-refractivity contribution in [2.45, 2.75) is 25.0 Å². The van der Waals surface area contributed by atoms with E-state index in [2.05, 4.69) is 20.2 Å². The standard InChI is InChI=1S/C17H24N4O2/c1-18-12-6-9-21(10-7-12)11-15(22)13-5-8-19-14-3-4-16(23-2)20-17(13)14/h3-5,8,12,15,18,22H,6-7,9-11H2,1-2H3/t15-/m0/s1. The van der Waals surface area contributed by atoms with Gasteiger partial charge in [-0.3, -0.25) is 4.98 Å². The topological polar surface area (TPSA) is 70.5 Å². The number of fused-ring (bicyclic) bond motifs is 1. The second-order valence-corrected chi connectivity index (χ2v) is 6.00. The molecule has 6 heteroatoms. The number of aliphatic hydroxyl groups excluding tert-OH is 1. The van der Waals surface area contributed by atoms with Gasteiger partial charge in [0.2, 0.25) is 5.88 Å². The molecule has 6 nitrogen and oxygen atoms in total. The third kappa shape index (κ3) is 3.60. The van der Waals surface area contributed by atoms with Gasteiger partial charge in [-0.25, -0.2) is 4.98 Å². The first-order chi connectivity index (χ1) is 11.2. The molecule has 0 radical (unpaired) electrons. The summed E-state index contributed by atoms with van der Waals surface area (Å²) in [5.41, 5.74) is 2.30. The summed E-state index contributed by atoms with van der Waals surface area (Å²) in [7, 11) is 3.60. The summed E-state index contributed by atoms with van der Waals surface area (Å²) in [6.07, 6.45) is 3.38. The van der Waals surface area contributed by atoms with Crippen molar-refractivity contribution in [2.75, 3.05) is 33.8 Å². The van der Waals surface area contributed by atoms with Crippen LogP contribution >= 0.6 is 0 Å². The van der Waals surface area contributed by atoms with Gasteiger partial charge in [-0.1, -0.05) is 0 Å². The Bertz CT molecular complexity index is 656. The predicted molar refractivity (Wildman–Crippen MR) is 89.6 cm³/mol. The predicted octanol–water partition coefficient (Wildman–Crippen LogP) is 1.36. The summed E-state index contributed by atoms with van der Waals surface area (Å²) in [5, 5.41) is 14.0. The molecule has 3 heterocycles. The summed E-state index contributed by atoms with van der Waals surface area (Å²) in [6, 6.07) is 6.10. The van der Waals surface area contributed by atoms with E-state index >= 15 is 0 Å². The number of methoxy groups -OCH3 is 1. The number of hydrogen-bond donors (Lipinski definition) is 2. The molecule has 0 saturated carbocycles. The van der Waals surface area contributed by atoms with Crippen LogP contribution in [-0.2, 0) is 0 Å². The van der Waals surface area contributed by atoms with Gasteiger partial charge in [-0.15, -0.1) is 0 Å². The van der Waals surface area contributed by atoms with Gasteiger partial charge in [0.15, 0.2) is 0 Å². The monoisotopic (exact) mass is 316 g/mol. The van der Waals surface area contributed by atoms with Crippen molar-refractivity contribution in [2.24, 2.45) is 0 Å². The largest absolute Gasteiger partial charge is 0.481 e. The minimum Gasteiger partial charge on any atom is -0.481 e. The van der Waals surface area contributed by atoms with Gasteiger partial charge in [-0.05, 0) is 45.1 Å². The van der Waals surface area contributed by atoms with Crippen molar-refractivity contribution in [3.05, 3.63) is 30.0 Å². The molecule has 0 aliphatic carbocycles. The lowest BCUT2D eigenvalue weighted by Crippen LogP contribution is -2.42. The van der Waals surface area contributed by atoms with Crippen LogP contribution in [0.3, 0.4) is 0 Å². The van der Waals surface area contributed by atoms with Gasteiger partial charge in [0.1, 0.15) is 0 Å². The third-order valence-corrected chi connectivity index (χ3v) is 4.58. The molecule has 2 N–H and O–H groups in total. The van der Waals surface area contributed by atoms with Crippen molar-refractivity contribution >= 4 is 11.0 Å². The fourth-order valence-electron chi connectivity index (χ4n) is 3.16. The Morgan fingerprint density at radius 3 is 2.83 bits per heavy atom. The molecule has 1 aliphatic rings. The van der Waals surface area contributed by atoms with Crippen LogP contribution < -0.4 is 10.1 Å². The second-order valence-electron chi connectivity index (χ2n) is 6.00. The van der Waals surface area contributed by atoms with Gasteiger partial charge >= 0.3 is 0 Å². The highest BCUT2D eigenvalue weighted by atomic mass is 16.5. The summed E-state index contributed by atoms with van der Waals surface area (Å²) in [6.45, 7) is 2.62. The van der Waals surface area contributed by atoms with E-state index in [0.717, 1.165) is 37.0 Å². The average molecular weight is 316 g/mol. The van der Waals surface area contributed by atoms with Gasteiger partial charge < -0.3 is 20.1 Å². The first kappa shape index (κ1) is 16.1. The number of aliphatic hydroxyl groups is 1. The number of ether oxygens (including phenoxy) is 1. The Morgan fingerprint density at radius 2 is 2.13 bits per heavy atom. The molecular weight excluding hydrogens is 292 g/mol. The molecule has 1 fully saturated rings. The maximum atomic E-state index is 10.7. The van der Waals surface area contributed by atoms with E-state index in [9.17, 15) is 5.11 Å². The van der Waals surface area contributed by atoms with Gasteiger partial charge in [-0.2, -0.15) is 0 Å². The van der Waals surface area contributed by atoms with Crippen LogP contribution in [0.25, 0.3) is 11.0 Å². The number of likely N-dealkylation sites (tertiary alicyclic amines) is 1. The van der Waals surface area contributed by atoms with Crippen LogP contribution in [0, 0.1) is 0 Å². The van der Waals surface area contributed by atoms with E-state index in [4.69, 9.17) is 4.74 Å². The number of piperidine rings is 1. The first-order valence-corrected chi connectivity index (χ1v) is 8.08. The minimum atomic E-state index is -0.578. The third-order valence-electron chi connectivity index (χ3n) is 4.58. The Morgan fingerprint density at radius 1 is 1.35 bits per heavy atom. The number of nitrogens with zero attached hydrogens (tertiary/aromatic N) is 3. The van der Waals surface area contributed by atoms with Crippen molar-refractivity contribution in [1.29, 1.82) is 0 Å². The van der Waals surface area contributed by atoms with Gasteiger partial charge in [0.25, 0.3) is 0 Å². The lowest BCUT2D eigenvalue weighted by molar-refractivity contribution is 0.0957. The van der Waals surface area contributed by atoms with Crippen molar-refractivity contribution in [1.82, 2.24) is 20.2 Å². The van der Waals surface area contributed by atoms with Crippen molar-refractivity contribution < 1.29 is 9.84 Å². The van der Waals surface area contributed by atoms with Crippen LogP contribution in [-0.4, -0.2) is 59.8 Å². The van der Waals surface area contributed by atoms with Crippen LogP contribution in [0.2, 0.25) is 0 Å². The smallest absolute Gasteiger partial charge is 0.213 e. The molecule has 0 amide bonds. The van der Waals surface area contributed by atoms with E-state index in [1.54, 1.807) is 19.4 Å². The Kier molecular flexibility index (Phi) is 5.05. The van der Waals surface area contributed by atoms with Crippen LogP contribution in [0.15, 0.2) is 24.4 Å². The normalized spacial score (nSPS) is 18.2. The number of β-amino-alcohol motifs (C(OH)–C–C–N with tert-alkyl or cyclic N) is 1. The zero-order valence-corrected chi connectivity index (χ0v) is 13.7. The Hall–Kier alpha value is -1.76. The molecule has 124 valence electrons. The molecule has 1 saturated heterocycles. The van der Waals surface area contributed by atoms with Gasteiger partial charge in [0.05, 0.1) is 24.2 Å². The highest BCUT2D eigenvalue weighted by molar-refractivity contribution is 5.78. The zero-order chi connectivity index (χ0) is 16.2. The molecule has 0 bridgehead atoms. The molecule has 1 atom stereocenters. The maximum Gasteiger partial charge on any atom is 0.213 e. The molecule has 0 spiro atoms. The van der Waals surface area contributed by atoms with Crippen molar-refractivity contribution in [3.63, 3.8) is 0 Å². The highest BCUT2D eigenvalue weighted by Crippen LogP contribution is 2.25. The summed E-state index contributed by atoms with van der Waals surface area (Å²) in [5.74, 6) is 0.536. The fourth-order valence-corrected chi connectivity index (χ4v) is 3.16. The van der Waals surface area contributed by atoms with Crippen LogP contribution in [0.5, 0.6) is 5.88 Å². The highest BCUT2D eigenvalue weighted by Gasteiger charge is 2.22. The lowest BCUT2D eigenvalue weighted by atomic mass is 10.0. The Labute approximate surface area is 136 Å². The number of aromatic nitrogens is 2.